The molecule has 0 spiro atoms. The molecule has 1 saturated heterocycles. The largest absolute Gasteiger partial charge is 0.342 e. The highest BCUT2D eigenvalue weighted by Crippen LogP contribution is 2.20. The molecule has 3 amide bonds. The van der Waals surface area contributed by atoms with Crippen LogP contribution in [0, 0.1) is 0 Å². The number of aromatic nitrogens is 2. The summed E-state index contributed by atoms with van der Waals surface area (Å²) in [5, 5.41) is 0. The molecule has 2 aromatic heterocycles. The zero-order valence-corrected chi connectivity index (χ0v) is 16.1. The van der Waals surface area contributed by atoms with E-state index in [0.29, 0.717) is 31.7 Å². The molecule has 1 aromatic carbocycles. The lowest BCUT2D eigenvalue weighted by Crippen LogP contribution is -2.48. The van der Waals surface area contributed by atoms with Crippen LogP contribution >= 0.6 is 0 Å². The van der Waals surface area contributed by atoms with E-state index in [4.69, 9.17) is 0 Å². The van der Waals surface area contributed by atoms with Crippen molar-refractivity contribution in [1.29, 1.82) is 0 Å². The van der Waals surface area contributed by atoms with Gasteiger partial charge in [-0.1, -0.05) is 24.3 Å². The number of nitrogens with zero attached hydrogens (tertiary/aromatic N) is 5. The topological polar surface area (TPSA) is 78.2 Å². The standard InChI is InChI=1S/C21H21N5O3/c1-23(16-7-3-2-4-8-16)21(29)19-22-18(17-9-5-6-10-26(17)19)20(28)25-13-11-24(15-27)12-14-25/h2-10,15H,11-14H2,1H3. The number of fused-ring (bicyclic) bond motifs is 1. The predicted molar refractivity (Wildman–Crippen MR) is 108 cm³/mol. The second-order valence-corrected chi connectivity index (χ2v) is 6.87. The fourth-order valence-electron chi connectivity index (χ4n) is 3.45. The molecule has 1 fully saturated rings. The molecule has 3 aromatic rings. The quantitative estimate of drug-likeness (QED) is 0.632. The van der Waals surface area contributed by atoms with Crippen LogP contribution in [0.15, 0.2) is 54.7 Å². The van der Waals surface area contributed by atoms with Crippen molar-refractivity contribution in [2.45, 2.75) is 0 Å². The second kappa shape index (κ2) is 7.75. The number of rotatable bonds is 4. The van der Waals surface area contributed by atoms with Crippen LogP contribution in [0.1, 0.15) is 21.1 Å². The summed E-state index contributed by atoms with van der Waals surface area (Å²) < 4.78 is 1.65. The average molecular weight is 391 g/mol. The van der Waals surface area contributed by atoms with Crippen molar-refractivity contribution < 1.29 is 14.4 Å². The first kappa shape index (κ1) is 18.7. The highest BCUT2D eigenvalue weighted by atomic mass is 16.2. The van der Waals surface area contributed by atoms with Gasteiger partial charge in [0, 0.05) is 45.1 Å². The summed E-state index contributed by atoms with van der Waals surface area (Å²) >= 11 is 0. The molecule has 0 unspecified atom stereocenters. The van der Waals surface area contributed by atoms with Crippen molar-refractivity contribution in [1.82, 2.24) is 19.2 Å². The lowest BCUT2D eigenvalue weighted by Gasteiger charge is -2.32. The lowest BCUT2D eigenvalue weighted by molar-refractivity contribution is -0.119. The minimum atomic E-state index is -0.303. The Balaban J connectivity index is 1.68. The zero-order valence-electron chi connectivity index (χ0n) is 16.1. The molecule has 0 aliphatic carbocycles. The van der Waals surface area contributed by atoms with E-state index in [-0.39, 0.29) is 23.3 Å². The number of carbonyl (C=O) groups excluding carboxylic acids is 3. The number of para-hydroxylation sites is 1. The van der Waals surface area contributed by atoms with E-state index in [0.717, 1.165) is 12.1 Å². The monoisotopic (exact) mass is 391 g/mol. The van der Waals surface area contributed by atoms with Crippen molar-refractivity contribution in [2.75, 3.05) is 38.1 Å². The Kier molecular flexibility index (Phi) is 4.99. The minimum Gasteiger partial charge on any atom is -0.342 e. The molecule has 0 N–H and O–H groups in total. The molecule has 8 heteroatoms. The van der Waals surface area contributed by atoms with Crippen LogP contribution in [0.5, 0.6) is 0 Å². The maximum atomic E-state index is 13.1. The molecule has 148 valence electrons. The van der Waals surface area contributed by atoms with E-state index in [2.05, 4.69) is 4.98 Å². The molecule has 1 aliphatic heterocycles. The van der Waals surface area contributed by atoms with Crippen molar-refractivity contribution in [2.24, 2.45) is 0 Å². The normalized spacial score (nSPS) is 14.1. The summed E-state index contributed by atoms with van der Waals surface area (Å²) in [4.78, 5) is 46.4. The van der Waals surface area contributed by atoms with Crippen LogP contribution in [0.2, 0.25) is 0 Å². The molecule has 3 heterocycles. The third kappa shape index (κ3) is 3.44. The van der Waals surface area contributed by atoms with Crippen molar-refractivity contribution >= 4 is 29.4 Å². The van der Waals surface area contributed by atoms with Crippen LogP contribution in [0.3, 0.4) is 0 Å². The molecule has 0 bridgehead atoms. The van der Waals surface area contributed by atoms with Gasteiger partial charge in [-0.25, -0.2) is 4.98 Å². The Hall–Kier alpha value is -3.68. The van der Waals surface area contributed by atoms with Crippen LogP contribution in [0.4, 0.5) is 5.69 Å². The number of amides is 3. The first-order valence-electron chi connectivity index (χ1n) is 9.39. The van der Waals surface area contributed by atoms with Crippen LogP contribution in [-0.4, -0.2) is 70.6 Å². The summed E-state index contributed by atoms with van der Waals surface area (Å²) in [5.41, 5.74) is 1.57. The van der Waals surface area contributed by atoms with Gasteiger partial charge in [0.15, 0.2) is 5.69 Å². The Morgan fingerprint density at radius 1 is 1.00 bits per heavy atom. The Morgan fingerprint density at radius 2 is 1.69 bits per heavy atom. The van der Waals surface area contributed by atoms with E-state index in [1.165, 1.54) is 4.90 Å². The van der Waals surface area contributed by atoms with Crippen molar-refractivity contribution in [3.63, 3.8) is 0 Å². The fraction of sp³-hybridized carbons (Fsp3) is 0.238. The van der Waals surface area contributed by atoms with E-state index in [9.17, 15) is 14.4 Å². The third-order valence-electron chi connectivity index (χ3n) is 5.14. The SMILES string of the molecule is CN(C(=O)c1nc(C(=O)N2CCN(C=O)CC2)c2ccccn12)c1ccccc1. The summed E-state index contributed by atoms with van der Waals surface area (Å²) in [5.74, 6) is -0.357. The van der Waals surface area contributed by atoms with Gasteiger partial charge in [0.05, 0.1) is 5.52 Å². The summed E-state index contributed by atoms with van der Waals surface area (Å²) in [7, 11) is 1.68. The maximum Gasteiger partial charge on any atom is 0.294 e. The maximum absolute atomic E-state index is 13.1. The summed E-state index contributed by atoms with van der Waals surface area (Å²) in [6.07, 6.45) is 2.53. The predicted octanol–water partition coefficient (Wildman–Crippen LogP) is 1.53. The molecular formula is C21H21N5O3. The fourth-order valence-corrected chi connectivity index (χ4v) is 3.45. The smallest absolute Gasteiger partial charge is 0.294 e. The number of carbonyl (C=O) groups is 3. The molecular weight excluding hydrogens is 370 g/mol. The van der Waals surface area contributed by atoms with Crippen LogP contribution < -0.4 is 4.90 Å². The van der Waals surface area contributed by atoms with Gasteiger partial charge < -0.3 is 14.7 Å². The first-order valence-corrected chi connectivity index (χ1v) is 9.39. The van der Waals surface area contributed by atoms with Crippen molar-refractivity contribution in [3.8, 4) is 0 Å². The van der Waals surface area contributed by atoms with Gasteiger partial charge in [0.25, 0.3) is 11.8 Å². The highest BCUT2D eigenvalue weighted by molar-refractivity contribution is 6.07. The van der Waals surface area contributed by atoms with E-state index < -0.39 is 0 Å². The van der Waals surface area contributed by atoms with Crippen molar-refractivity contribution in [3.05, 3.63) is 66.2 Å². The first-order chi connectivity index (χ1) is 14.1. The lowest BCUT2D eigenvalue weighted by atomic mass is 10.2. The van der Waals surface area contributed by atoms with Gasteiger partial charge in [0.1, 0.15) is 0 Å². The number of benzene rings is 1. The third-order valence-corrected chi connectivity index (χ3v) is 5.14. The second-order valence-electron chi connectivity index (χ2n) is 6.87. The van der Waals surface area contributed by atoms with Gasteiger partial charge in [-0.2, -0.15) is 0 Å². The van der Waals surface area contributed by atoms with Gasteiger partial charge in [-0.3, -0.25) is 18.8 Å². The van der Waals surface area contributed by atoms with Crippen LogP contribution in [-0.2, 0) is 4.79 Å². The molecule has 0 atom stereocenters. The number of anilines is 1. The van der Waals surface area contributed by atoms with Gasteiger partial charge in [0.2, 0.25) is 12.2 Å². The highest BCUT2D eigenvalue weighted by Gasteiger charge is 2.28. The zero-order chi connectivity index (χ0) is 20.4. The van der Waals surface area contributed by atoms with Gasteiger partial charge in [-0.05, 0) is 24.3 Å². The summed E-state index contributed by atoms with van der Waals surface area (Å²) in [6, 6.07) is 14.7. The van der Waals surface area contributed by atoms with E-state index in [1.54, 1.807) is 39.6 Å². The van der Waals surface area contributed by atoms with Gasteiger partial charge in [-0.15, -0.1) is 0 Å². The Labute approximate surface area is 168 Å². The van der Waals surface area contributed by atoms with Crippen LogP contribution in [0.25, 0.3) is 5.52 Å². The van der Waals surface area contributed by atoms with E-state index in [1.807, 2.05) is 36.4 Å². The summed E-state index contributed by atoms with van der Waals surface area (Å²) in [6.45, 7) is 1.86. The number of imidazole rings is 1. The minimum absolute atomic E-state index is 0.182. The number of piperazine rings is 1. The molecule has 1 aliphatic rings. The molecule has 29 heavy (non-hydrogen) atoms. The molecule has 0 saturated carbocycles. The molecule has 0 radical (unpaired) electrons. The average Bonchev–Trinajstić information content (AvgIpc) is 3.18. The number of hydrogen-bond acceptors (Lipinski definition) is 4. The number of pyridine rings is 1. The van der Waals surface area contributed by atoms with E-state index >= 15 is 0 Å². The van der Waals surface area contributed by atoms with Gasteiger partial charge >= 0.3 is 0 Å². The molecule has 4 rings (SSSR count). The Morgan fingerprint density at radius 3 is 2.38 bits per heavy atom. The molecule has 8 nitrogen and oxygen atoms in total. The number of hydrogen-bond donors (Lipinski definition) is 0. The Bertz CT molecular complexity index is 1050.